The topological polar surface area (TPSA) is 66.4 Å². The fourth-order valence-electron chi connectivity index (χ4n) is 1.22. The Hall–Kier alpha value is -1.16. The van der Waals surface area contributed by atoms with E-state index in [1.807, 2.05) is 6.92 Å². The van der Waals surface area contributed by atoms with Crippen molar-refractivity contribution in [3.05, 3.63) is 11.6 Å². The monoisotopic (exact) mass is 197 g/mol. The largest absolute Gasteiger partial charge is 0.390 e. The first-order valence-electron chi connectivity index (χ1n) is 4.73. The summed E-state index contributed by atoms with van der Waals surface area (Å²) in [6.45, 7) is 3.61. The maximum absolute atomic E-state index is 11.1. The standard InChI is InChI=1S/C10H15NO3/c1-3-10(2,14)5-4-7-6-8(12)11-9(7)13/h6,14H,3-5H2,1-2H3,(H,11,12,13). The predicted molar refractivity (Wildman–Crippen MR) is 51.4 cm³/mol. The first-order chi connectivity index (χ1) is 6.44. The van der Waals surface area contributed by atoms with Crippen molar-refractivity contribution in [1.29, 1.82) is 0 Å². The van der Waals surface area contributed by atoms with Gasteiger partial charge in [0.1, 0.15) is 0 Å². The number of carbonyl (C=O) groups excluding carboxylic acids is 2. The average molecular weight is 197 g/mol. The molecule has 0 aromatic carbocycles. The van der Waals surface area contributed by atoms with E-state index in [4.69, 9.17) is 0 Å². The summed E-state index contributed by atoms with van der Waals surface area (Å²) in [6, 6.07) is 0. The fraction of sp³-hybridized carbons (Fsp3) is 0.600. The van der Waals surface area contributed by atoms with Gasteiger partial charge in [-0.15, -0.1) is 0 Å². The number of carbonyl (C=O) groups is 2. The third kappa shape index (κ3) is 2.67. The molecule has 0 saturated heterocycles. The second-order valence-electron chi connectivity index (χ2n) is 3.84. The summed E-state index contributed by atoms with van der Waals surface area (Å²) in [5.41, 5.74) is -0.295. The van der Waals surface area contributed by atoms with Crippen LogP contribution in [0, 0.1) is 0 Å². The molecule has 2 amide bonds. The van der Waals surface area contributed by atoms with Crippen LogP contribution in [0.5, 0.6) is 0 Å². The molecule has 78 valence electrons. The molecule has 4 heteroatoms. The molecule has 0 aliphatic carbocycles. The van der Waals surface area contributed by atoms with Gasteiger partial charge in [-0.3, -0.25) is 14.9 Å². The van der Waals surface area contributed by atoms with Crippen molar-refractivity contribution in [3.8, 4) is 0 Å². The Labute approximate surface area is 83.0 Å². The van der Waals surface area contributed by atoms with Crippen LogP contribution >= 0.6 is 0 Å². The lowest BCUT2D eigenvalue weighted by Crippen LogP contribution is -2.25. The highest BCUT2D eigenvalue weighted by atomic mass is 16.3. The number of rotatable bonds is 4. The van der Waals surface area contributed by atoms with E-state index in [0.717, 1.165) is 0 Å². The minimum atomic E-state index is -0.757. The van der Waals surface area contributed by atoms with Crippen molar-refractivity contribution >= 4 is 11.8 Å². The molecule has 0 bridgehead atoms. The van der Waals surface area contributed by atoms with E-state index in [1.54, 1.807) is 6.92 Å². The third-order valence-electron chi connectivity index (χ3n) is 2.53. The summed E-state index contributed by atoms with van der Waals surface area (Å²) in [5, 5.41) is 11.9. The number of amides is 2. The lowest BCUT2D eigenvalue weighted by molar-refractivity contribution is -0.123. The van der Waals surface area contributed by atoms with Crippen LogP contribution < -0.4 is 5.32 Å². The van der Waals surface area contributed by atoms with Gasteiger partial charge in [0.05, 0.1) is 5.60 Å². The van der Waals surface area contributed by atoms with Gasteiger partial charge in [0.15, 0.2) is 0 Å². The third-order valence-corrected chi connectivity index (χ3v) is 2.53. The van der Waals surface area contributed by atoms with Crippen LogP contribution in [0.2, 0.25) is 0 Å². The van der Waals surface area contributed by atoms with E-state index in [9.17, 15) is 14.7 Å². The van der Waals surface area contributed by atoms with Gasteiger partial charge in [0.25, 0.3) is 11.8 Å². The van der Waals surface area contributed by atoms with Gasteiger partial charge in [-0.2, -0.15) is 0 Å². The van der Waals surface area contributed by atoms with E-state index in [2.05, 4.69) is 5.32 Å². The molecule has 1 heterocycles. The number of hydrogen-bond donors (Lipinski definition) is 2. The number of aliphatic hydroxyl groups is 1. The fourth-order valence-corrected chi connectivity index (χ4v) is 1.22. The van der Waals surface area contributed by atoms with E-state index < -0.39 is 5.60 Å². The molecule has 0 saturated carbocycles. The molecule has 1 unspecified atom stereocenters. The molecule has 14 heavy (non-hydrogen) atoms. The summed E-state index contributed by atoms with van der Waals surface area (Å²) < 4.78 is 0. The minimum absolute atomic E-state index is 0.332. The maximum atomic E-state index is 11.1. The molecule has 0 spiro atoms. The van der Waals surface area contributed by atoms with Crippen LogP contribution in [0.25, 0.3) is 0 Å². The molecule has 1 aliphatic heterocycles. The van der Waals surface area contributed by atoms with Gasteiger partial charge in [0, 0.05) is 11.6 Å². The summed E-state index contributed by atoms with van der Waals surface area (Å²) in [5.74, 6) is -0.692. The molecular weight excluding hydrogens is 182 g/mol. The van der Waals surface area contributed by atoms with Crippen molar-refractivity contribution in [3.63, 3.8) is 0 Å². The Balaban J connectivity index is 2.50. The lowest BCUT2D eigenvalue weighted by Gasteiger charge is -2.20. The zero-order chi connectivity index (χ0) is 10.8. The molecule has 2 N–H and O–H groups in total. The minimum Gasteiger partial charge on any atom is -0.390 e. The van der Waals surface area contributed by atoms with Gasteiger partial charge in [-0.1, -0.05) is 6.92 Å². The van der Waals surface area contributed by atoms with Crippen LogP contribution in [-0.2, 0) is 9.59 Å². The Bertz CT molecular complexity index is 292. The van der Waals surface area contributed by atoms with Crippen molar-refractivity contribution in [2.75, 3.05) is 0 Å². The summed E-state index contributed by atoms with van der Waals surface area (Å²) in [7, 11) is 0. The molecule has 1 rings (SSSR count). The highest BCUT2D eigenvalue weighted by molar-refractivity contribution is 6.16. The number of nitrogens with one attached hydrogen (secondary N) is 1. The number of hydrogen-bond acceptors (Lipinski definition) is 3. The van der Waals surface area contributed by atoms with Gasteiger partial charge < -0.3 is 5.11 Å². The zero-order valence-electron chi connectivity index (χ0n) is 8.46. The predicted octanol–water partition coefficient (Wildman–Crippen LogP) is 0.510. The SMILES string of the molecule is CCC(C)(O)CCC1=CC(=O)NC1=O. The first kappa shape index (κ1) is 10.9. The molecule has 0 aromatic rings. The van der Waals surface area contributed by atoms with Crippen LogP contribution in [0.4, 0.5) is 0 Å². The summed E-state index contributed by atoms with van der Waals surface area (Å²) in [4.78, 5) is 21.9. The molecular formula is C10H15NO3. The van der Waals surface area contributed by atoms with Crippen molar-refractivity contribution in [1.82, 2.24) is 5.32 Å². The Morgan fingerprint density at radius 3 is 2.57 bits per heavy atom. The van der Waals surface area contributed by atoms with E-state index in [-0.39, 0.29) is 11.8 Å². The normalized spacial score (nSPS) is 20.4. The van der Waals surface area contributed by atoms with E-state index in [1.165, 1.54) is 6.08 Å². The lowest BCUT2D eigenvalue weighted by atomic mass is 9.94. The smallest absolute Gasteiger partial charge is 0.254 e. The van der Waals surface area contributed by atoms with E-state index >= 15 is 0 Å². The zero-order valence-corrected chi connectivity index (χ0v) is 8.46. The molecule has 4 nitrogen and oxygen atoms in total. The number of imide groups is 1. The van der Waals surface area contributed by atoms with Crippen LogP contribution in [0.15, 0.2) is 11.6 Å². The van der Waals surface area contributed by atoms with Gasteiger partial charge in [0.2, 0.25) is 0 Å². The van der Waals surface area contributed by atoms with Crippen molar-refractivity contribution < 1.29 is 14.7 Å². The summed E-state index contributed by atoms with van der Waals surface area (Å²) >= 11 is 0. The van der Waals surface area contributed by atoms with Gasteiger partial charge in [-0.05, 0) is 26.2 Å². The van der Waals surface area contributed by atoms with Crippen LogP contribution in [0.1, 0.15) is 33.1 Å². The molecule has 1 atom stereocenters. The highest BCUT2D eigenvalue weighted by Gasteiger charge is 2.24. The van der Waals surface area contributed by atoms with Gasteiger partial charge in [-0.25, -0.2) is 0 Å². The average Bonchev–Trinajstić information content (AvgIpc) is 2.42. The van der Waals surface area contributed by atoms with Crippen molar-refractivity contribution in [2.45, 2.75) is 38.7 Å². The van der Waals surface area contributed by atoms with Gasteiger partial charge >= 0.3 is 0 Å². The molecule has 0 fully saturated rings. The second kappa shape index (κ2) is 3.92. The first-order valence-corrected chi connectivity index (χ1v) is 4.73. The highest BCUT2D eigenvalue weighted by Crippen LogP contribution is 2.20. The molecule has 0 radical (unpaired) electrons. The Kier molecular flexibility index (Phi) is 3.06. The molecule has 1 aliphatic rings. The van der Waals surface area contributed by atoms with Crippen LogP contribution in [0.3, 0.4) is 0 Å². The molecule has 0 aromatic heterocycles. The quantitative estimate of drug-likeness (QED) is 0.645. The van der Waals surface area contributed by atoms with Crippen LogP contribution in [-0.4, -0.2) is 22.5 Å². The maximum Gasteiger partial charge on any atom is 0.254 e. The Morgan fingerprint density at radius 2 is 2.14 bits per heavy atom. The Morgan fingerprint density at radius 1 is 1.50 bits per heavy atom. The van der Waals surface area contributed by atoms with Crippen molar-refractivity contribution in [2.24, 2.45) is 0 Å². The second-order valence-corrected chi connectivity index (χ2v) is 3.84. The summed E-state index contributed by atoms with van der Waals surface area (Å²) in [6.07, 6.45) is 2.87. The van der Waals surface area contributed by atoms with E-state index in [0.29, 0.717) is 24.8 Å².